The van der Waals surface area contributed by atoms with Gasteiger partial charge >= 0.3 is 0 Å². The van der Waals surface area contributed by atoms with Crippen LogP contribution in [-0.2, 0) is 22.8 Å². The number of fused-ring (bicyclic) bond motifs is 1. The highest BCUT2D eigenvalue weighted by atomic mass is 32.2. The summed E-state index contributed by atoms with van der Waals surface area (Å²) < 4.78 is 22.8. The Labute approximate surface area is 114 Å². The molecule has 0 aliphatic carbocycles. The second-order valence-corrected chi connectivity index (χ2v) is 6.21. The van der Waals surface area contributed by atoms with E-state index in [1.54, 1.807) is 12.1 Å². The molecule has 1 heterocycles. The van der Waals surface area contributed by atoms with Gasteiger partial charge in [-0.15, -0.1) is 0 Å². The lowest BCUT2D eigenvalue weighted by molar-refractivity contribution is 0.312. The van der Waals surface area contributed by atoms with Gasteiger partial charge in [0.1, 0.15) is 0 Å². The molecule has 5 heteroatoms. The Balaban J connectivity index is 0.000000917. The molecule has 1 aromatic carbocycles. The molecule has 0 bridgehead atoms. The lowest BCUT2D eigenvalue weighted by atomic mass is 10.0. The Morgan fingerprint density at radius 3 is 2.33 bits per heavy atom. The van der Waals surface area contributed by atoms with Crippen LogP contribution in [-0.4, -0.2) is 33.2 Å². The average molecular weight is 289 g/mol. The molecule has 1 atom stereocenters. The Morgan fingerprint density at radius 1 is 1.17 bits per heavy atom. The summed E-state index contributed by atoms with van der Waals surface area (Å²) in [4.78, 5) is 2.63. The third-order valence-electron chi connectivity index (χ3n) is 2.81. The van der Waals surface area contributed by atoms with Gasteiger partial charge in [0.05, 0.1) is 4.90 Å². The van der Waals surface area contributed by atoms with Gasteiger partial charge in [0.15, 0.2) is 9.84 Å². The molecule has 0 radical (unpaired) electrons. The maximum absolute atomic E-state index is 11.4. The van der Waals surface area contributed by atoms with Crippen molar-refractivity contribution in [1.29, 1.82) is 0 Å². The van der Waals surface area contributed by atoms with Crippen LogP contribution < -0.4 is 0 Å². The van der Waals surface area contributed by atoms with Gasteiger partial charge in [0, 0.05) is 19.3 Å². The third-order valence-corrected chi connectivity index (χ3v) is 3.92. The fourth-order valence-corrected chi connectivity index (χ4v) is 2.58. The van der Waals surface area contributed by atoms with Crippen LogP contribution in [0.5, 0.6) is 0 Å². The van der Waals surface area contributed by atoms with E-state index in [1.807, 2.05) is 19.9 Å². The quantitative estimate of drug-likeness (QED) is 0.744. The number of benzene rings is 1. The van der Waals surface area contributed by atoms with Crippen LogP contribution in [0, 0.1) is 0 Å². The number of nitrogens with zero attached hydrogens (tertiary/aromatic N) is 1. The Hall–Kier alpha value is -0.440. The third kappa shape index (κ3) is 4.34. The maximum atomic E-state index is 11.4. The standard InChI is InChI=1S/C11H15NO2S.C2H6.H3P/c1-12-6-5-9-3-4-11(15(2,13)14)7-10(9)8-12;1-2;/h3-4,7H,5-6,8H2,1-2H3;1-2H3;1H3. The summed E-state index contributed by atoms with van der Waals surface area (Å²) in [5.74, 6) is 0. The lowest BCUT2D eigenvalue weighted by Crippen LogP contribution is -2.26. The molecule has 18 heavy (non-hydrogen) atoms. The van der Waals surface area contributed by atoms with Crippen molar-refractivity contribution in [2.24, 2.45) is 0 Å². The van der Waals surface area contributed by atoms with Gasteiger partial charge in [-0.1, -0.05) is 19.9 Å². The van der Waals surface area contributed by atoms with Crippen molar-refractivity contribution >= 4 is 19.7 Å². The fourth-order valence-electron chi connectivity index (χ4n) is 1.91. The second-order valence-electron chi connectivity index (χ2n) is 4.19. The molecule has 1 aliphatic rings. The van der Waals surface area contributed by atoms with Gasteiger partial charge in [-0.2, -0.15) is 9.90 Å². The van der Waals surface area contributed by atoms with E-state index in [4.69, 9.17) is 0 Å². The van der Waals surface area contributed by atoms with Gasteiger partial charge in [-0.3, -0.25) is 0 Å². The first-order valence-electron chi connectivity index (χ1n) is 5.97. The zero-order valence-electron chi connectivity index (χ0n) is 11.7. The van der Waals surface area contributed by atoms with E-state index >= 15 is 0 Å². The predicted molar refractivity (Wildman–Crippen MR) is 82.0 cm³/mol. The van der Waals surface area contributed by atoms with E-state index in [2.05, 4.69) is 11.9 Å². The van der Waals surface area contributed by atoms with Gasteiger partial charge < -0.3 is 4.90 Å². The fraction of sp³-hybridized carbons (Fsp3) is 0.538. The average Bonchev–Trinajstić information content (AvgIpc) is 2.29. The number of sulfone groups is 1. The molecule has 104 valence electrons. The predicted octanol–water partition coefficient (Wildman–Crippen LogP) is 2.16. The molecule has 0 spiro atoms. The van der Waals surface area contributed by atoms with Crippen LogP contribution in [0.15, 0.2) is 23.1 Å². The van der Waals surface area contributed by atoms with E-state index in [1.165, 1.54) is 11.8 Å². The molecule has 0 aromatic heterocycles. The zero-order chi connectivity index (χ0) is 13.1. The van der Waals surface area contributed by atoms with E-state index < -0.39 is 9.84 Å². The molecule has 0 amide bonds. The summed E-state index contributed by atoms with van der Waals surface area (Å²) in [5, 5.41) is 0. The topological polar surface area (TPSA) is 37.4 Å². The first kappa shape index (κ1) is 17.6. The van der Waals surface area contributed by atoms with Crippen LogP contribution in [0.4, 0.5) is 0 Å². The van der Waals surface area contributed by atoms with E-state index in [0.29, 0.717) is 4.90 Å². The van der Waals surface area contributed by atoms with Crippen molar-refractivity contribution in [2.45, 2.75) is 31.7 Å². The smallest absolute Gasteiger partial charge is 0.175 e. The number of likely N-dealkylation sites (N-methyl/N-ethyl adjacent to an activating group) is 1. The van der Waals surface area contributed by atoms with E-state index in [-0.39, 0.29) is 9.90 Å². The highest BCUT2D eigenvalue weighted by Gasteiger charge is 2.15. The molecule has 2 rings (SSSR count). The number of hydrogen-bond acceptors (Lipinski definition) is 3. The summed E-state index contributed by atoms with van der Waals surface area (Å²) in [5.41, 5.74) is 2.42. The van der Waals surface area contributed by atoms with Crippen molar-refractivity contribution in [1.82, 2.24) is 4.90 Å². The van der Waals surface area contributed by atoms with Gasteiger partial charge in [0.2, 0.25) is 0 Å². The van der Waals surface area contributed by atoms with Crippen LogP contribution in [0.1, 0.15) is 25.0 Å². The van der Waals surface area contributed by atoms with Crippen molar-refractivity contribution in [2.75, 3.05) is 19.8 Å². The molecule has 1 aliphatic heterocycles. The molecular weight excluding hydrogens is 265 g/mol. The summed E-state index contributed by atoms with van der Waals surface area (Å²) in [6, 6.07) is 5.46. The van der Waals surface area contributed by atoms with Gasteiger partial charge in [-0.05, 0) is 36.7 Å². The maximum Gasteiger partial charge on any atom is 0.175 e. The van der Waals surface area contributed by atoms with Crippen LogP contribution in [0.3, 0.4) is 0 Å². The van der Waals surface area contributed by atoms with Crippen molar-refractivity contribution < 1.29 is 8.42 Å². The first-order chi connectivity index (χ1) is 7.97. The summed E-state index contributed by atoms with van der Waals surface area (Å²) in [7, 11) is -1.02. The van der Waals surface area contributed by atoms with Crippen molar-refractivity contribution in [3.63, 3.8) is 0 Å². The molecule has 0 saturated heterocycles. The molecule has 1 unspecified atom stereocenters. The number of rotatable bonds is 1. The van der Waals surface area contributed by atoms with Crippen molar-refractivity contribution in [3.05, 3.63) is 29.3 Å². The van der Waals surface area contributed by atoms with Gasteiger partial charge in [0.25, 0.3) is 0 Å². The largest absolute Gasteiger partial charge is 0.302 e. The molecule has 0 N–H and O–H groups in total. The van der Waals surface area contributed by atoms with Crippen LogP contribution in [0.2, 0.25) is 0 Å². The number of hydrogen-bond donors (Lipinski definition) is 0. The zero-order valence-corrected chi connectivity index (χ0v) is 14.0. The molecule has 0 fully saturated rings. The molecule has 0 saturated carbocycles. The first-order valence-corrected chi connectivity index (χ1v) is 7.86. The Bertz CT molecular complexity index is 486. The highest BCUT2D eigenvalue weighted by molar-refractivity contribution is 7.90. The van der Waals surface area contributed by atoms with E-state index in [9.17, 15) is 8.42 Å². The normalized spacial score (nSPS) is 14.9. The Morgan fingerprint density at radius 2 is 1.78 bits per heavy atom. The van der Waals surface area contributed by atoms with Gasteiger partial charge in [-0.25, -0.2) is 8.42 Å². The summed E-state index contributed by atoms with van der Waals surface area (Å²) >= 11 is 0. The summed E-state index contributed by atoms with van der Waals surface area (Å²) in [6.07, 6.45) is 2.26. The molecule has 1 aromatic rings. The minimum Gasteiger partial charge on any atom is -0.302 e. The minimum absolute atomic E-state index is 0. The monoisotopic (exact) mass is 289 g/mol. The van der Waals surface area contributed by atoms with Crippen molar-refractivity contribution in [3.8, 4) is 0 Å². The van der Waals surface area contributed by atoms with Crippen LogP contribution in [0.25, 0.3) is 0 Å². The van der Waals surface area contributed by atoms with Crippen LogP contribution >= 0.6 is 9.90 Å². The minimum atomic E-state index is -3.07. The lowest BCUT2D eigenvalue weighted by Gasteiger charge is -2.25. The van der Waals surface area contributed by atoms with E-state index in [0.717, 1.165) is 25.1 Å². The molecular formula is C13H24NO2PS. The SMILES string of the molecule is CC.CN1CCc2ccc(S(C)(=O)=O)cc2C1.P. The highest BCUT2D eigenvalue weighted by Crippen LogP contribution is 2.21. The molecule has 3 nitrogen and oxygen atoms in total. The second kappa shape index (κ2) is 7.22. The Kier molecular flexibility index (Phi) is 7.05. The summed E-state index contributed by atoms with van der Waals surface area (Å²) in [6.45, 7) is 5.89.